The zero-order valence-corrected chi connectivity index (χ0v) is 12.8. The van der Waals surface area contributed by atoms with Gasteiger partial charge in [0, 0.05) is 13.1 Å². The third-order valence-electron chi connectivity index (χ3n) is 4.01. The maximum absolute atomic E-state index is 11.7. The van der Waals surface area contributed by atoms with Gasteiger partial charge in [-0.05, 0) is 45.6 Å². The van der Waals surface area contributed by atoms with E-state index in [0.717, 1.165) is 13.0 Å². The Morgan fingerprint density at radius 2 is 1.95 bits per heavy atom. The number of ether oxygens (including phenoxy) is 1. The molecule has 118 valence electrons. The van der Waals surface area contributed by atoms with Gasteiger partial charge in [-0.25, -0.2) is 0 Å². The fourth-order valence-electron chi connectivity index (χ4n) is 2.95. The van der Waals surface area contributed by atoms with E-state index in [0.29, 0.717) is 45.4 Å². The van der Waals surface area contributed by atoms with Crippen LogP contribution in [0.25, 0.3) is 0 Å². The highest BCUT2D eigenvalue weighted by Crippen LogP contribution is 2.33. The number of aliphatic hydroxyl groups excluding tert-OH is 1. The van der Waals surface area contributed by atoms with Gasteiger partial charge in [0.25, 0.3) is 0 Å². The maximum Gasteiger partial charge on any atom is 0.308 e. The highest BCUT2D eigenvalue weighted by molar-refractivity contribution is 5.72. The summed E-state index contributed by atoms with van der Waals surface area (Å²) in [7, 11) is 0. The first-order valence-electron chi connectivity index (χ1n) is 7.77. The Morgan fingerprint density at radius 1 is 1.30 bits per heavy atom. The van der Waals surface area contributed by atoms with E-state index in [2.05, 4.69) is 11.8 Å². The van der Waals surface area contributed by atoms with E-state index in [9.17, 15) is 9.90 Å². The van der Waals surface area contributed by atoms with Crippen molar-refractivity contribution < 1.29 is 19.7 Å². The largest absolute Gasteiger partial charge is 0.466 e. The molecule has 1 saturated carbocycles. The molecule has 5 heteroatoms. The van der Waals surface area contributed by atoms with E-state index < -0.39 is 5.60 Å². The maximum atomic E-state index is 11.7. The van der Waals surface area contributed by atoms with Gasteiger partial charge in [0.15, 0.2) is 0 Å². The van der Waals surface area contributed by atoms with Gasteiger partial charge in [-0.1, -0.05) is 6.92 Å². The molecular weight excluding hydrogens is 258 g/mol. The van der Waals surface area contributed by atoms with Crippen LogP contribution >= 0.6 is 0 Å². The summed E-state index contributed by atoms with van der Waals surface area (Å²) in [5, 5.41) is 19.7. The van der Waals surface area contributed by atoms with Crippen molar-refractivity contribution in [2.45, 2.75) is 51.6 Å². The van der Waals surface area contributed by atoms with Crippen molar-refractivity contribution in [1.29, 1.82) is 0 Å². The Morgan fingerprint density at radius 3 is 2.45 bits per heavy atom. The number of nitrogens with zero attached hydrogens (tertiary/aromatic N) is 1. The minimum absolute atomic E-state index is 0.0623. The molecule has 0 aromatic rings. The van der Waals surface area contributed by atoms with Crippen LogP contribution in [0.5, 0.6) is 0 Å². The highest BCUT2D eigenvalue weighted by atomic mass is 16.5. The lowest BCUT2D eigenvalue weighted by atomic mass is 9.78. The molecule has 1 aliphatic rings. The molecule has 1 rings (SSSR count). The lowest BCUT2D eigenvalue weighted by Crippen LogP contribution is -2.47. The zero-order valence-electron chi connectivity index (χ0n) is 12.8. The summed E-state index contributed by atoms with van der Waals surface area (Å²) < 4.78 is 5.04. The third kappa shape index (κ3) is 5.38. The van der Waals surface area contributed by atoms with Gasteiger partial charge in [-0.2, -0.15) is 0 Å². The van der Waals surface area contributed by atoms with Crippen molar-refractivity contribution in [3.8, 4) is 0 Å². The number of esters is 1. The molecule has 0 saturated heterocycles. The molecule has 0 radical (unpaired) electrons. The monoisotopic (exact) mass is 287 g/mol. The van der Waals surface area contributed by atoms with E-state index >= 15 is 0 Å². The number of hydrogen-bond acceptors (Lipinski definition) is 5. The molecule has 0 bridgehead atoms. The lowest BCUT2D eigenvalue weighted by molar-refractivity contribution is -0.151. The summed E-state index contributed by atoms with van der Waals surface area (Å²) in [5.41, 5.74) is -0.729. The Bertz CT molecular complexity index is 282. The standard InChI is InChI=1S/C15H29NO4/c1-3-9-16(10-11-17)12-15(19)7-5-13(6-8-15)14(18)20-4-2/h13,17,19H,3-12H2,1-2H3. The lowest BCUT2D eigenvalue weighted by Gasteiger charge is -2.38. The average molecular weight is 287 g/mol. The molecule has 0 aromatic carbocycles. The van der Waals surface area contributed by atoms with E-state index in [-0.39, 0.29) is 18.5 Å². The number of carbonyl (C=O) groups is 1. The predicted molar refractivity (Wildman–Crippen MR) is 77.4 cm³/mol. The summed E-state index contributed by atoms with van der Waals surface area (Å²) in [6.07, 6.45) is 3.63. The number of aliphatic hydroxyl groups is 2. The van der Waals surface area contributed by atoms with Crippen LogP contribution in [0.1, 0.15) is 46.0 Å². The molecule has 20 heavy (non-hydrogen) atoms. The van der Waals surface area contributed by atoms with Crippen LogP contribution in [0.3, 0.4) is 0 Å². The fraction of sp³-hybridized carbons (Fsp3) is 0.933. The minimum atomic E-state index is -0.729. The van der Waals surface area contributed by atoms with Crippen LogP contribution in [-0.4, -0.2) is 59.5 Å². The van der Waals surface area contributed by atoms with Crippen LogP contribution < -0.4 is 0 Å². The molecule has 1 aliphatic carbocycles. The molecule has 0 unspecified atom stereocenters. The molecule has 0 atom stereocenters. The topological polar surface area (TPSA) is 70.0 Å². The highest BCUT2D eigenvalue weighted by Gasteiger charge is 2.37. The molecule has 0 aliphatic heterocycles. The quantitative estimate of drug-likeness (QED) is 0.656. The van der Waals surface area contributed by atoms with Gasteiger partial charge in [0.05, 0.1) is 24.7 Å². The molecule has 5 nitrogen and oxygen atoms in total. The van der Waals surface area contributed by atoms with Crippen LogP contribution in [-0.2, 0) is 9.53 Å². The van der Waals surface area contributed by atoms with Gasteiger partial charge in [0.1, 0.15) is 0 Å². The molecular formula is C15H29NO4. The van der Waals surface area contributed by atoms with Gasteiger partial charge in [0.2, 0.25) is 0 Å². The zero-order chi connectivity index (χ0) is 15.0. The second-order valence-electron chi connectivity index (χ2n) is 5.75. The van der Waals surface area contributed by atoms with Gasteiger partial charge in [-0.3, -0.25) is 9.69 Å². The van der Waals surface area contributed by atoms with Gasteiger partial charge >= 0.3 is 5.97 Å². The van der Waals surface area contributed by atoms with E-state index in [1.54, 1.807) is 0 Å². The normalized spacial score (nSPS) is 26.8. The Labute approximate surface area is 121 Å². The predicted octanol–water partition coefficient (Wildman–Crippen LogP) is 1.18. The van der Waals surface area contributed by atoms with Crippen molar-refractivity contribution >= 4 is 5.97 Å². The SMILES string of the molecule is CCCN(CCO)CC1(O)CCC(C(=O)OCC)CC1. The van der Waals surface area contributed by atoms with Crippen molar-refractivity contribution in [2.24, 2.45) is 5.92 Å². The van der Waals surface area contributed by atoms with Crippen molar-refractivity contribution in [1.82, 2.24) is 4.90 Å². The fourth-order valence-corrected chi connectivity index (χ4v) is 2.95. The number of carbonyl (C=O) groups excluding carboxylic acids is 1. The van der Waals surface area contributed by atoms with E-state index in [1.807, 2.05) is 6.92 Å². The summed E-state index contributed by atoms with van der Waals surface area (Å²) in [6, 6.07) is 0. The van der Waals surface area contributed by atoms with Crippen LogP contribution in [0, 0.1) is 5.92 Å². The summed E-state index contributed by atoms with van der Waals surface area (Å²) in [6.45, 7) is 6.49. The van der Waals surface area contributed by atoms with Crippen LogP contribution in [0.4, 0.5) is 0 Å². The molecule has 1 fully saturated rings. The Balaban J connectivity index is 2.46. The number of hydrogen-bond donors (Lipinski definition) is 2. The van der Waals surface area contributed by atoms with E-state index in [1.165, 1.54) is 0 Å². The first-order chi connectivity index (χ1) is 9.54. The summed E-state index contributed by atoms with van der Waals surface area (Å²) >= 11 is 0. The van der Waals surface area contributed by atoms with Crippen LogP contribution in [0.15, 0.2) is 0 Å². The first kappa shape index (κ1) is 17.4. The van der Waals surface area contributed by atoms with E-state index in [4.69, 9.17) is 9.84 Å². The van der Waals surface area contributed by atoms with Gasteiger partial charge in [-0.15, -0.1) is 0 Å². The summed E-state index contributed by atoms with van der Waals surface area (Å²) in [4.78, 5) is 13.8. The van der Waals surface area contributed by atoms with Gasteiger partial charge < -0.3 is 14.9 Å². The van der Waals surface area contributed by atoms with Crippen molar-refractivity contribution in [2.75, 3.05) is 32.8 Å². The minimum Gasteiger partial charge on any atom is -0.466 e. The summed E-state index contributed by atoms with van der Waals surface area (Å²) in [5.74, 6) is -0.192. The average Bonchev–Trinajstić information content (AvgIpc) is 2.40. The number of rotatable bonds is 8. The second kappa shape index (κ2) is 8.60. The smallest absolute Gasteiger partial charge is 0.308 e. The Hall–Kier alpha value is -0.650. The second-order valence-corrected chi connectivity index (χ2v) is 5.75. The van der Waals surface area contributed by atoms with Crippen molar-refractivity contribution in [3.05, 3.63) is 0 Å². The molecule has 2 N–H and O–H groups in total. The van der Waals surface area contributed by atoms with Crippen LogP contribution in [0.2, 0.25) is 0 Å². The molecule has 0 aromatic heterocycles. The Kier molecular flexibility index (Phi) is 7.48. The third-order valence-corrected chi connectivity index (χ3v) is 4.01. The first-order valence-corrected chi connectivity index (χ1v) is 7.77. The molecule has 0 amide bonds. The molecule has 0 spiro atoms. The molecule has 0 heterocycles. The van der Waals surface area contributed by atoms with Crippen molar-refractivity contribution in [3.63, 3.8) is 0 Å².